The molecule has 4 N–H and O–H groups in total. The van der Waals surface area contributed by atoms with E-state index in [1.807, 2.05) is 45.0 Å². The molecular weight excluding hydrogens is 656 g/mol. The number of rotatable bonds is 21. The number of aliphatic hydroxyl groups excluding tert-OH is 1. The van der Waals surface area contributed by atoms with Crippen LogP contribution in [-0.4, -0.2) is 81.6 Å². The summed E-state index contributed by atoms with van der Waals surface area (Å²) in [4.78, 5) is 26.2. The van der Waals surface area contributed by atoms with Crippen molar-refractivity contribution in [3.8, 4) is 0 Å². The maximum absolute atomic E-state index is 14.0. The molecule has 0 aliphatic carbocycles. The molecule has 0 bridgehead atoms. The quantitative estimate of drug-likeness (QED) is 0.141. The summed E-state index contributed by atoms with van der Waals surface area (Å²) in [5.74, 6) is -3.25. The molecule has 2 amide bonds. The molecule has 0 radical (unpaired) electrons. The molecule has 0 heterocycles. The topological polar surface area (TPSA) is 143 Å². The van der Waals surface area contributed by atoms with Crippen LogP contribution < -0.4 is 16.0 Å². The number of hydrogen-bond donors (Lipinski definition) is 4. The lowest BCUT2D eigenvalue weighted by molar-refractivity contribution is -0.124. The minimum atomic E-state index is -3.87. The van der Waals surface area contributed by atoms with E-state index in [4.69, 9.17) is 9.47 Å². The number of hydrogen-bond acceptors (Lipinski definition) is 8. The zero-order valence-electron chi connectivity index (χ0n) is 27.6. The molecule has 2 aromatic rings. The van der Waals surface area contributed by atoms with Gasteiger partial charge in [0.05, 0.1) is 29.8 Å². The highest BCUT2D eigenvalue weighted by molar-refractivity contribution is 7.92. The van der Waals surface area contributed by atoms with Crippen LogP contribution in [0.25, 0.3) is 0 Å². The number of methoxy groups -OCH3 is 1. The van der Waals surface area contributed by atoms with E-state index >= 15 is 0 Å². The van der Waals surface area contributed by atoms with Crippen molar-refractivity contribution in [2.45, 2.75) is 89.3 Å². The number of aryl methyl sites for hydroxylation is 1. The Bertz CT molecular complexity index is 1330. The Labute approximate surface area is 283 Å². The molecule has 3 atom stereocenters. The van der Waals surface area contributed by atoms with Gasteiger partial charge in [-0.15, -0.1) is 12.4 Å². The van der Waals surface area contributed by atoms with Gasteiger partial charge in [-0.3, -0.25) is 4.79 Å². The number of amides is 2. The number of carbonyl (C=O) groups excluding carboxylic acids is 2. The monoisotopic (exact) mass is 705 g/mol. The molecular formula is C33H50ClF2N3O7S. The Balaban J connectivity index is 0.0000110. The van der Waals surface area contributed by atoms with Crippen molar-refractivity contribution in [1.29, 1.82) is 0 Å². The van der Waals surface area contributed by atoms with Crippen molar-refractivity contribution in [2.24, 2.45) is 0 Å². The second kappa shape index (κ2) is 21.9. The summed E-state index contributed by atoms with van der Waals surface area (Å²) in [7, 11) is -2.45. The first kappa shape index (κ1) is 42.2. The van der Waals surface area contributed by atoms with Crippen LogP contribution in [0.4, 0.5) is 13.6 Å². The van der Waals surface area contributed by atoms with E-state index in [-0.39, 0.29) is 44.1 Å². The maximum Gasteiger partial charge on any atom is 0.407 e. The van der Waals surface area contributed by atoms with Crippen LogP contribution >= 0.6 is 12.4 Å². The van der Waals surface area contributed by atoms with Crippen LogP contribution in [0, 0.1) is 11.6 Å². The van der Waals surface area contributed by atoms with Crippen LogP contribution in [0.3, 0.4) is 0 Å². The lowest BCUT2D eigenvalue weighted by Crippen LogP contribution is -2.57. The van der Waals surface area contributed by atoms with E-state index in [1.165, 1.54) is 7.11 Å². The standard InChI is InChI=1S/C33H49F2N3O7S.ClH/c1-5-9-28(10-6-2)46(42,43)22-30(38-33(41)45-14-13-44-4)32(40)37-29(18-25-16-26(34)19-27(35)17-25)31(39)21-36-20-24-12-8-11-23(7-3)15-24;/h8,11-12,15-17,19,28-31,36,39H,5-7,9-10,13-14,18,20-22H2,1-4H3,(H,37,40)(H,38,41);1H/t29-,30+,31+;/m0./s1. The second-order valence-corrected chi connectivity index (χ2v) is 13.6. The summed E-state index contributed by atoms with van der Waals surface area (Å²) in [6, 6.07) is 8.11. The van der Waals surface area contributed by atoms with Gasteiger partial charge in [-0.1, -0.05) is 57.9 Å². The number of aliphatic hydroxyl groups is 1. The third-order valence-electron chi connectivity index (χ3n) is 7.51. The normalized spacial score (nSPS) is 13.4. The number of benzene rings is 2. The average molecular weight is 706 g/mol. The van der Waals surface area contributed by atoms with Crippen LogP contribution in [0.15, 0.2) is 42.5 Å². The van der Waals surface area contributed by atoms with Crippen molar-refractivity contribution < 1.29 is 41.4 Å². The van der Waals surface area contributed by atoms with Crippen molar-refractivity contribution in [3.63, 3.8) is 0 Å². The van der Waals surface area contributed by atoms with Gasteiger partial charge in [-0.2, -0.15) is 0 Å². The molecule has 266 valence electrons. The van der Waals surface area contributed by atoms with E-state index in [9.17, 15) is 31.9 Å². The molecule has 0 unspecified atom stereocenters. The minimum Gasteiger partial charge on any atom is -0.447 e. The predicted octanol–water partition coefficient (Wildman–Crippen LogP) is 4.25. The molecule has 0 aromatic heterocycles. The highest BCUT2D eigenvalue weighted by Crippen LogP contribution is 2.18. The van der Waals surface area contributed by atoms with Gasteiger partial charge in [0.2, 0.25) is 5.91 Å². The molecule has 10 nitrogen and oxygen atoms in total. The maximum atomic E-state index is 14.0. The Kier molecular flexibility index (Phi) is 19.7. The van der Waals surface area contributed by atoms with Gasteiger partial charge in [0.25, 0.3) is 0 Å². The van der Waals surface area contributed by atoms with Gasteiger partial charge in [0.1, 0.15) is 24.3 Å². The number of ether oxygens (including phenoxy) is 2. The summed E-state index contributed by atoms with van der Waals surface area (Å²) >= 11 is 0. The fourth-order valence-electron chi connectivity index (χ4n) is 5.12. The van der Waals surface area contributed by atoms with E-state index in [0.717, 1.165) is 29.7 Å². The van der Waals surface area contributed by atoms with Crippen LogP contribution in [-0.2, 0) is 43.5 Å². The first-order valence-electron chi connectivity index (χ1n) is 15.8. The zero-order valence-corrected chi connectivity index (χ0v) is 29.2. The Hall–Kier alpha value is -2.84. The summed E-state index contributed by atoms with van der Waals surface area (Å²) < 4.78 is 64.9. The number of sulfone groups is 1. The molecule has 2 rings (SSSR count). The van der Waals surface area contributed by atoms with Gasteiger partial charge >= 0.3 is 6.09 Å². The van der Waals surface area contributed by atoms with E-state index in [1.54, 1.807) is 0 Å². The Morgan fingerprint density at radius 1 is 0.915 bits per heavy atom. The molecule has 0 aliphatic heterocycles. The Morgan fingerprint density at radius 3 is 2.15 bits per heavy atom. The molecule has 0 saturated heterocycles. The molecule has 0 fully saturated rings. The average Bonchev–Trinajstić information content (AvgIpc) is 3.00. The number of halogens is 3. The molecule has 2 aromatic carbocycles. The minimum absolute atomic E-state index is 0. The van der Waals surface area contributed by atoms with Gasteiger partial charge < -0.3 is 30.5 Å². The fraction of sp³-hybridized carbons (Fsp3) is 0.576. The summed E-state index contributed by atoms with van der Waals surface area (Å²) in [5, 5.41) is 18.6. The van der Waals surface area contributed by atoms with Crippen LogP contribution in [0.5, 0.6) is 0 Å². The van der Waals surface area contributed by atoms with Crippen molar-refractivity contribution in [3.05, 3.63) is 70.8 Å². The summed E-state index contributed by atoms with van der Waals surface area (Å²) in [6.45, 7) is 6.13. The summed E-state index contributed by atoms with van der Waals surface area (Å²) in [6.07, 6.45) is 0.407. The SMILES string of the molecule is CCCC(CCC)S(=O)(=O)C[C@@H](NC(=O)OCCOC)C(=O)N[C@@H](Cc1cc(F)cc(F)c1)[C@H](O)CNCc1cccc(CC)c1.Cl. The van der Waals surface area contributed by atoms with Crippen molar-refractivity contribution >= 4 is 34.2 Å². The van der Waals surface area contributed by atoms with Gasteiger partial charge in [0, 0.05) is 26.3 Å². The van der Waals surface area contributed by atoms with Crippen molar-refractivity contribution in [2.75, 3.05) is 32.6 Å². The second-order valence-electron chi connectivity index (χ2n) is 11.3. The third kappa shape index (κ3) is 15.3. The molecule has 0 spiro atoms. The van der Waals surface area contributed by atoms with Gasteiger partial charge in [-0.05, 0) is 54.5 Å². The third-order valence-corrected chi connectivity index (χ3v) is 9.79. The smallest absolute Gasteiger partial charge is 0.407 e. The zero-order chi connectivity index (χ0) is 34.1. The van der Waals surface area contributed by atoms with E-state index in [2.05, 4.69) is 16.0 Å². The Morgan fingerprint density at radius 2 is 1.55 bits per heavy atom. The predicted molar refractivity (Wildman–Crippen MR) is 180 cm³/mol. The molecule has 0 saturated carbocycles. The van der Waals surface area contributed by atoms with Gasteiger partial charge in [-0.25, -0.2) is 22.0 Å². The van der Waals surface area contributed by atoms with Crippen LogP contribution in [0.1, 0.15) is 63.1 Å². The molecule has 14 heteroatoms. The fourth-order valence-corrected chi connectivity index (χ4v) is 7.28. The molecule has 47 heavy (non-hydrogen) atoms. The number of alkyl carbamates (subject to hydrolysis) is 1. The lowest BCUT2D eigenvalue weighted by atomic mass is 10.00. The lowest BCUT2D eigenvalue weighted by Gasteiger charge is -2.28. The summed E-state index contributed by atoms with van der Waals surface area (Å²) in [5.41, 5.74) is 2.29. The highest BCUT2D eigenvalue weighted by atomic mass is 35.5. The van der Waals surface area contributed by atoms with Crippen LogP contribution in [0.2, 0.25) is 0 Å². The number of nitrogens with one attached hydrogen (secondary N) is 3. The number of carbonyl (C=O) groups is 2. The van der Waals surface area contributed by atoms with E-state index in [0.29, 0.717) is 38.3 Å². The largest absolute Gasteiger partial charge is 0.447 e. The van der Waals surface area contributed by atoms with Crippen molar-refractivity contribution in [1.82, 2.24) is 16.0 Å². The van der Waals surface area contributed by atoms with Gasteiger partial charge in [0.15, 0.2) is 9.84 Å². The highest BCUT2D eigenvalue weighted by Gasteiger charge is 2.34. The molecule has 0 aliphatic rings. The first-order valence-corrected chi connectivity index (χ1v) is 17.5. The van der Waals surface area contributed by atoms with E-state index < -0.39 is 62.7 Å². The first-order chi connectivity index (χ1) is 21.9.